The number of dihydropyridines is 1. The maximum atomic E-state index is 10.4. The Morgan fingerprint density at radius 1 is 0.781 bits per heavy atom. The zero-order valence-corrected chi connectivity index (χ0v) is 37.1. The summed E-state index contributed by atoms with van der Waals surface area (Å²) in [5.41, 5.74) is 14.2. The topological polar surface area (TPSA) is 89.9 Å². The zero-order valence-electron chi connectivity index (χ0n) is 37.1. The first kappa shape index (κ1) is 40.2. The number of allylic oxidation sites excluding steroid dienone is 11. The predicted octanol–water partition coefficient (Wildman–Crippen LogP) is 12.9. The molecular weight excluding hydrogens is 781 g/mol. The average Bonchev–Trinajstić information content (AvgIpc) is 3.81. The highest BCUT2D eigenvalue weighted by Crippen LogP contribution is 2.56. The van der Waals surface area contributed by atoms with Gasteiger partial charge in [0.1, 0.15) is 12.0 Å². The molecule has 6 heteroatoms. The van der Waals surface area contributed by atoms with Crippen molar-refractivity contribution in [1.82, 2.24) is 10.2 Å². The lowest BCUT2D eigenvalue weighted by Gasteiger charge is -2.46. The highest BCUT2D eigenvalue weighted by atomic mass is 15.4. The number of benzene rings is 3. The van der Waals surface area contributed by atoms with Gasteiger partial charge in [0.15, 0.2) is 0 Å². The van der Waals surface area contributed by atoms with Crippen molar-refractivity contribution in [2.75, 3.05) is 4.90 Å². The molecule has 0 spiro atoms. The maximum Gasteiger partial charge on any atom is 0.121 e. The van der Waals surface area contributed by atoms with Crippen LogP contribution in [-0.4, -0.2) is 22.6 Å². The number of fused-ring (bicyclic) bond motifs is 5. The highest BCUT2D eigenvalue weighted by Gasteiger charge is 2.52. The molecule has 318 valence electrons. The Morgan fingerprint density at radius 3 is 2.33 bits per heavy atom. The molecule has 64 heavy (non-hydrogen) atoms. The molecule has 6 nitrogen and oxygen atoms in total. The first-order chi connectivity index (χ1) is 31.3. The molecule has 3 aliphatic heterocycles. The van der Waals surface area contributed by atoms with E-state index < -0.39 is 5.41 Å². The summed E-state index contributed by atoms with van der Waals surface area (Å²) in [7, 11) is 0. The Labute approximate surface area is 379 Å². The molecule has 1 N–H and O–H groups in total. The third-order valence-corrected chi connectivity index (χ3v) is 16.0. The van der Waals surface area contributed by atoms with Gasteiger partial charge in [0.2, 0.25) is 0 Å². The molecule has 8 unspecified atom stereocenters. The summed E-state index contributed by atoms with van der Waals surface area (Å²) >= 11 is 0. The molecule has 5 aliphatic carbocycles. The fraction of sp³-hybridized carbons (Fsp3) is 0.362. The number of rotatable bonds is 6. The van der Waals surface area contributed by atoms with Gasteiger partial charge in [0.25, 0.3) is 0 Å². The molecule has 0 fully saturated rings. The minimum atomic E-state index is -0.412. The minimum Gasteiger partial charge on any atom is -0.348 e. The van der Waals surface area contributed by atoms with Crippen molar-refractivity contribution in [1.29, 1.82) is 15.8 Å². The lowest BCUT2D eigenvalue weighted by atomic mass is 9.70. The van der Waals surface area contributed by atoms with E-state index in [4.69, 9.17) is 0 Å². The van der Waals surface area contributed by atoms with Crippen molar-refractivity contribution in [2.24, 2.45) is 17.3 Å². The Balaban J connectivity index is 1.07. The Kier molecular flexibility index (Phi) is 10.0. The van der Waals surface area contributed by atoms with Gasteiger partial charge >= 0.3 is 0 Å². The molecule has 0 radical (unpaired) electrons. The number of nitrogens with zero attached hydrogens (tertiary/aromatic N) is 5. The SMILES string of the molecule is CC1(C#N)CCC2=C(C1)C1CC(C#N)C=CC1N2C1C=C(c2ccccc2C2=CCCC=C2c2ccccc2C2CCCC=C2C#N)C=C(N2c3ccccc3C3CCC=CC32C)N1. The largest absolute Gasteiger partial charge is 0.348 e. The summed E-state index contributed by atoms with van der Waals surface area (Å²) in [5.74, 6) is 1.61. The molecule has 0 aromatic heterocycles. The quantitative estimate of drug-likeness (QED) is 0.249. The average molecular weight is 837 g/mol. The molecule has 0 saturated heterocycles. The number of hydrogen-bond acceptors (Lipinski definition) is 6. The van der Waals surface area contributed by atoms with E-state index in [1.807, 2.05) is 0 Å². The Bertz CT molecular complexity index is 2820. The van der Waals surface area contributed by atoms with Crippen LogP contribution in [0.2, 0.25) is 0 Å². The lowest BCUT2D eigenvalue weighted by Crippen LogP contribution is -2.55. The molecule has 11 rings (SSSR count). The van der Waals surface area contributed by atoms with Crippen molar-refractivity contribution in [2.45, 2.75) is 114 Å². The number of nitriles is 3. The van der Waals surface area contributed by atoms with E-state index in [-0.39, 0.29) is 35.5 Å². The van der Waals surface area contributed by atoms with E-state index in [0.29, 0.717) is 5.92 Å². The van der Waals surface area contributed by atoms with Crippen LogP contribution in [0.25, 0.3) is 16.7 Å². The van der Waals surface area contributed by atoms with Crippen LogP contribution in [0, 0.1) is 51.2 Å². The van der Waals surface area contributed by atoms with Crippen LogP contribution >= 0.6 is 0 Å². The second-order valence-electron chi connectivity index (χ2n) is 19.8. The van der Waals surface area contributed by atoms with E-state index in [1.54, 1.807) is 0 Å². The van der Waals surface area contributed by atoms with Gasteiger partial charge < -0.3 is 15.1 Å². The highest BCUT2D eigenvalue weighted by molar-refractivity contribution is 6.08. The third-order valence-electron chi connectivity index (χ3n) is 16.0. The summed E-state index contributed by atoms with van der Waals surface area (Å²) in [5, 5.41) is 35.0. The predicted molar refractivity (Wildman–Crippen MR) is 256 cm³/mol. The first-order valence-electron chi connectivity index (χ1n) is 23.8. The molecule has 8 aliphatic rings. The van der Waals surface area contributed by atoms with Crippen LogP contribution in [0.4, 0.5) is 5.69 Å². The molecular formula is C58H56N6. The minimum absolute atomic E-state index is 0.0863. The summed E-state index contributed by atoms with van der Waals surface area (Å²) in [4.78, 5) is 5.23. The third kappa shape index (κ3) is 6.47. The van der Waals surface area contributed by atoms with Gasteiger partial charge in [-0.3, -0.25) is 0 Å². The number of hydrogen-bond donors (Lipinski definition) is 1. The van der Waals surface area contributed by atoms with Crippen molar-refractivity contribution >= 4 is 22.4 Å². The summed E-state index contributed by atoms with van der Waals surface area (Å²) in [6, 6.07) is 34.7. The van der Waals surface area contributed by atoms with Gasteiger partial charge in [0.05, 0.1) is 41.1 Å². The monoisotopic (exact) mass is 836 g/mol. The van der Waals surface area contributed by atoms with Crippen LogP contribution < -0.4 is 10.2 Å². The van der Waals surface area contributed by atoms with Crippen molar-refractivity contribution in [3.63, 3.8) is 0 Å². The molecule has 0 bridgehead atoms. The lowest BCUT2D eigenvalue weighted by molar-refractivity contribution is 0.197. The van der Waals surface area contributed by atoms with Crippen molar-refractivity contribution in [3.8, 4) is 18.2 Å². The number of anilines is 1. The fourth-order valence-electron chi connectivity index (χ4n) is 12.9. The summed E-state index contributed by atoms with van der Waals surface area (Å²) < 4.78 is 0. The van der Waals surface area contributed by atoms with E-state index >= 15 is 0 Å². The second kappa shape index (κ2) is 15.9. The molecule has 0 amide bonds. The smallest absolute Gasteiger partial charge is 0.121 e. The first-order valence-corrected chi connectivity index (χ1v) is 23.8. The van der Waals surface area contributed by atoms with Crippen LogP contribution in [-0.2, 0) is 0 Å². The molecule has 3 aromatic carbocycles. The Morgan fingerprint density at radius 2 is 1.53 bits per heavy atom. The molecule has 3 heterocycles. The van der Waals surface area contributed by atoms with Gasteiger partial charge in [-0.05, 0) is 153 Å². The molecule has 8 atom stereocenters. The van der Waals surface area contributed by atoms with Crippen molar-refractivity contribution in [3.05, 3.63) is 178 Å². The van der Waals surface area contributed by atoms with Gasteiger partial charge in [-0.2, -0.15) is 15.8 Å². The molecule has 3 aromatic rings. The van der Waals surface area contributed by atoms with Gasteiger partial charge in [-0.15, -0.1) is 0 Å². The summed E-state index contributed by atoms with van der Waals surface area (Å²) in [6.45, 7) is 4.54. The maximum absolute atomic E-state index is 10.4. The zero-order chi connectivity index (χ0) is 43.6. The van der Waals surface area contributed by atoms with Gasteiger partial charge in [-0.1, -0.05) is 109 Å². The number of para-hydroxylation sites is 1. The Hall–Kier alpha value is -6.55. The fourth-order valence-corrected chi connectivity index (χ4v) is 12.9. The van der Waals surface area contributed by atoms with E-state index in [0.717, 1.165) is 82.0 Å². The van der Waals surface area contributed by atoms with Gasteiger partial charge in [0, 0.05) is 34.7 Å². The number of nitrogens with one attached hydrogen (secondary N) is 1. The van der Waals surface area contributed by atoms with Gasteiger partial charge in [-0.25, -0.2) is 0 Å². The van der Waals surface area contributed by atoms with Crippen LogP contribution in [0.3, 0.4) is 0 Å². The van der Waals surface area contributed by atoms with Crippen LogP contribution in [0.5, 0.6) is 0 Å². The van der Waals surface area contributed by atoms with E-state index in [2.05, 4.69) is 175 Å². The van der Waals surface area contributed by atoms with Crippen LogP contribution in [0.1, 0.15) is 124 Å². The van der Waals surface area contributed by atoms with Crippen molar-refractivity contribution < 1.29 is 0 Å². The molecule has 0 saturated carbocycles. The second-order valence-corrected chi connectivity index (χ2v) is 19.8. The summed E-state index contributed by atoms with van der Waals surface area (Å²) in [6.07, 6.45) is 31.3. The normalized spacial score (nSPS) is 31.3. The van der Waals surface area contributed by atoms with Crippen LogP contribution in [0.15, 0.2) is 150 Å². The van der Waals surface area contributed by atoms with E-state index in [9.17, 15) is 15.8 Å². The van der Waals surface area contributed by atoms with E-state index in [1.165, 1.54) is 61.5 Å². The standard InChI is InChI=1S/C58H56N6/c1-57(37-61)30-28-53-50(34-57)49-31-38(35-59)26-27-52(49)63(53)55-32-40(33-56(62-55)64-54-25-12-11-23-48(54)51-24-13-14-29-58(51,64)2)42-17-5-6-19-44(42)46-21-9-10-22-47(46)45-20-8-7-18-43(45)41-16-4-3-15-39(41)36-60/h5-8,11-12,14-15,17-23,25-27,29,32-33,38,41,49,51-52,55,62H,3-4,9-10,13,16,24,28,30-31,34H2,1-2H3.